The first-order valence-corrected chi connectivity index (χ1v) is 7.59. The van der Waals surface area contributed by atoms with Crippen LogP contribution in [0.15, 0.2) is 24.3 Å². The number of hydrogen-bond acceptors (Lipinski definition) is 2. The first kappa shape index (κ1) is 14.4. The smallest absolute Gasteiger partial charge is 0.119 e. The summed E-state index contributed by atoms with van der Waals surface area (Å²) in [5.41, 5.74) is 1.39. The minimum Gasteiger partial charge on any atom is -0.497 e. The van der Waals surface area contributed by atoms with Crippen molar-refractivity contribution < 1.29 is 4.74 Å². The molecule has 0 heterocycles. The molecule has 0 aliphatic heterocycles. The molecule has 1 aliphatic carbocycles. The molecular formula is C17H27NO. The maximum Gasteiger partial charge on any atom is 0.119 e. The first-order valence-electron chi connectivity index (χ1n) is 7.59. The fourth-order valence-corrected chi connectivity index (χ4v) is 2.52. The van der Waals surface area contributed by atoms with Crippen molar-refractivity contribution in [2.75, 3.05) is 13.7 Å². The van der Waals surface area contributed by atoms with Gasteiger partial charge in [-0.15, -0.1) is 0 Å². The standard InChI is InChI=1S/C17H27NO/c1-4-13(2)15(12-18-16-8-9-16)10-14-6-5-7-17(11-14)19-3/h5-7,11,13,15-16,18H,4,8-10,12H2,1-3H3. The molecule has 1 fully saturated rings. The van der Waals surface area contributed by atoms with Gasteiger partial charge in [-0.25, -0.2) is 0 Å². The zero-order chi connectivity index (χ0) is 13.7. The Morgan fingerprint density at radius 3 is 2.79 bits per heavy atom. The van der Waals surface area contributed by atoms with Gasteiger partial charge in [-0.05, 0) is 55.3 Å². The molecule has 2 heteroatoms. The van der Waals surface area contributed by atoms with Crippen LogP contribution in [0, 0.1) is 11.8 Å². The highest BCUT2D eigenvalue weighted by atomic mass is 16.5. The highest BCUT2D eigenvalue weighted by Crippen LogP contribution is 2.24. The fraction of sp³-hybridized carbons (Fsp3) is 0.647. The lowest BCUT2D eigenvalue weighted by Gasteiger charge is -2.24. The molecule has 106 valence electrons. The van der Waals surface area contributed by atoms with Crippen molar-refractivity contribution in [2.45, 2.75) is 45.6 Å². The number of hydrogen-bond donors (Lipinski definition) is 1. The van der Waals surface area contributed by atoms with E-state index in [2.05, 4.69) is 37.4 Å². The third-order valence-electron chi connectivity index (χ3n) is 4.33. The van der Waals surface area contributed by atoms with Crippen LogP contribution >= 0.6 is 0 Å². The average Bonchev–Trinajstić information content (AvgIpc) is 3.27. The van der Waals surface area contributed by atoms with Crippen molar-refractivity contribution in [3.63, 3.8) is 0 Å². The van der Waals surface area contributed by atoms with Crippen LogP contribution < -0.4 is 10.1 Å². The molecular weight excluding hydrogens is 234 g/mol. The van der Waals surface area contributed by atoms with Gasteiger partial charge in [0.2, 0.25) is 0 Å². The highest BCUT2D eigenvalue weighted by molar-refractivity contribution is 5.28. The van der Waals surface area contributed by atoms with Gasteiger partial charge in [0.15, 0.2) is 0 Å². The SMILES string of the molecule is CCC(C)C(CNC1CC1)Cc1cccc(OC)c1. The summed E-state index contributed by atoms with van der Waals surface area (Å²) >= 11 is 0. The topological polar surface area (TPSA) is 21.3 Å². The third kappa shape index (κ3) is 4.54. The number of rotatable bonds is 8. The molecule has 19 heavy (non-hydrogen) atoms. The van der Waals surface area contributed by atoms with Gasteiger partial charge in [0.05, 0.1) is 7.11 Å². The molecule has 0 bridgehead atoms. The molecule has 1 N–H and O–H groups in total. The molecule has 0 spiro atoms. The van der Waals surface area contributed by atoms with Crippen LogP contribution in [0.4, 0.5) is 0 Å². The van der Waals surface area contributed by atoms with E-state index in [1.807, 2.05) is 6.07 Å². The highest BCUT2D eigenvalue weighted by Gasteiger charge is 2.23. The summed E-state index contributed by atoms with van der Waals surface area (Å²) in [6, 6.07) is 9.30. The van der Waals surface area contributed by atoms with E-state index in [9.17, 15) is 0 Å². The van der Waals surface area contributed by atoms with Gasteiger partial charge in [-0.1, -0.05) is 32.4 Å². The molecule has 2 unspecified atom stereocenters. The largest absolute Gasteiger partial charge is 0.497 e. The molecule has 0 radical (unpaired) electrons. The van der Waals surface area contributed by atoms with Crippen molar-refractivity contribution in [3.8, 4) is 5.75 Å². The maximum atomic E-state index is 5.32. The molecule has 2 rings (SSSR count). The zero-order valence-corrected chi connectivity index (χ0v) is 12.5. The van der Waals surface area contributed by atoms with Gasteiger partial charge in [0, 0.05) is 6.04 Å². The Labute approximate surface area is 117 Å². The maximum absolute atomic E-state index is 5.32. The second-order valence-electron chi connectivity index (χ2n) is 5.88. The lowest BCUT2D eigenvalue weighted by Crippen LogP contribution is -2.30. The Morgan fingerprint density at radius 1 is 1.37 bits per heavy atom. The summed E-state index contributed by atoms with van der Waals surface area (Å²) in [4.78, 5) is 0. The summed E-state index contributed by atoms with van der Waals surface area (Å²) < 4.78 is 5.32. The second kappa shape index (κ2) is 6.95. The van der Waals surface area contributed by atoms with Gasteiger partial charge in [0.1, 0.15) is 5.75 Å². The van der Waals surface area contributed by atoms with Gasteiger partial charge >= 0.3 is 0 Å². The van der Waals surface area contributed by atoms with E-state index in [0.29, 0.717) is 0 Å². The van der Waals surface area contributed by atoms with Gasteiger partial charge in [0.25, 0.3) is 0 Å². The summed E-state index contributed by atoms with van der Waals surface area (Å²) in [6.45, 7) is 5.82. The van der Waals surface area contributed by atoms with Crippen molar-refractivity contribution in [1.29, 1.82) is 0 Å². The van der Waals surface area contributed by atoms with E-state index in [-0.39, 0.29) is 0 Å². The molecule has 2 nitrogen and oxygen atoms in total. The van der Waals surface area contributed by atoms with Crippen LogP contribution in [0.5, 0.6) is 5.75 Å². The molecule has 1 aromatic carbocycles. The van der Waals surface area contributed by atoms with Crippen LogP contribution in [0.1, 0.15) is 38.7 Å². The van der Waals surface area contributed by atoms with Crippen molar-refractivity contribution in [3.05, 3.63) is 29.8 Å². The summed E-state index contributed by atoms with van der Waals surface area (Å²) in [7, 11) is 1.74. The van der Waals surface area contributed by atoms with E-state index >= 15 is 0 Å². The molecule has 0 saturated heterocycles. The molecule has 1 saturated carbocycles. The van der Waals surface area contributed by atoms with E-state index in [0.717, 1.165) is 36.6 Å². The Kier molecular flexibility index (Phi) is 5.26. The average molecular weight is 261 g/mol. The van der Waals surface area contributed by atoms with Crippen LogP contribution in [0.2, 0.25) is 0 Å². The minimum absolute atomic E-state index is 0.720. The van der Waals surface area contributed by atoms with Crippen molar-refractivity contribution in [2.24, 2.45) is 11.8 Å². The van der Waals surface area contributed by atoms with E-state index < -0.39 is 0 Å². The number of nitrogens with one attached hydrogen (secondary N) is 1. The minimum atomic E-state index is 0.720. The summed E-state index contributed by atoms with van der Waals surface area (Å²) in [6.07, 6.45) is 5.13. The third-order valence-corrected chi connectivity index (χ3v) is 4.33. The first-order chi connectivity index (χ1) is 9.22. The Bertz CT molecular complexity index is 387. The summed E-state index contributed by atoms with van der Waals surface area (Å²) in [5, 5.41) is 3.69. The summed E-state index contributed by atoms with van der Waals surface area (Å²) in [5.74, 6) is 2.45. The van der Waals surface area contributed by atoms with Crippen molar-refractivity contribution in [1.82, 2.24) is 5.32 Å². The Morgan fingerprint density at radius 2 is 2.16 bits per heavy atom. The lowest BCUT2D eigenvalue weighted by molar-refractivity contribution is 0.328. The second-order valence-corrected chi connectivity index (χ2v) is 5.88. The monoisotopic (exact) mass is 261 g/mol. The van der Waals surface area contributed by atoms with E-state index in [4.69, 9.17) is 4.74 Å². The van der Waals surface area contributed by atoms with Crippen molar-refractivity contribution >= 4 is 0 Å². The molecule has 1 aliphatic rings. The number of ether oxygens (including phenoxy) is 1. The van der Waals surface area contributed by atoms with Crippen LogP contribution in [-0.2, 0) is 6.42 Å². The van der Waals surface area contributed by atoms with Crippen LogP contribution in [-0.4, -0.2) is 19.7 Å². The quantitative estimate of drug-likeness (QED) is 0.771. The van der Waals surface area contributed by atoms with Crippen LogP contribution in [0.3, 0.4) is 0 Å². The Balaban J connectivity index is 1.96. The van der Waals surface area contributed by atoms with Gasteiger partial charge < -0.3 is 10.1 Å². The van der Waals surface area contributed by atoms with Gasteiger partial charge in [-0.3, -0.25) is 0 Å². The van der Waals surface area contributed by atoms with E-state index in [1.165, 1.54) is 24.8 Å². The zero-order valence-electron chi connectivity index (χ0n) is 12.5. The molecule has 2 atom stereocenters. The molecule has 1 aromatic rings. The number of methoxy groups -OCH3 is 1. The normalized spacial score (nSPS) is 18.1. The predicted molar refractivity (Wildman–Crippen MR) is 80.7 cm³/mol. The fourth-order valence-electron chi connectivity index (χ4n) is 2.52. The van der Waals surface area contributed by atoms with E-state index in [1.54, 1.807) is 7.11 Å². The van der Waals surface area contributed by atoms with Gasteiger partial charge in [-0.2, -0.15) is 0 Å². The molecule has 0 aromatic heterocycles. The molecule has 0 amide bonds. The predicted octanol–water partition coefficient (Wildman–Crippen LogP) is 3.65. The lowest BCUT2D eigenvalue weighted by atomic mass is 9.86. The number of benzene rings is 1. The van der Waals surface area contributed by atoms with Crippen LogP contribution in [0.25, 0.3) is 0 Å². The Hall–Kier alpha value is -1.02.